The zero-order valence-corrected chi connectivity index (χ0v) is 13.2. The summed E-state index contributed by atoms with van der Waals surface area (Å²) in [4.78, 5) is 16.5. The van der Waals surface area contributed by atoms with E-state index in [9.17, 15) is 4.79 Å². The van der Waals surface area contributed by atoms with Crippen molar-refractivity contribution in [3.63, 3.8) is 0 Å². The number of nitrogens with one attached hydrogen (secondary N) is 1. The average molecular weight is 265 g/mol. The van der Waals surface area contributed by atoms with E-state index < -0.39 is 0 Å². The van der Waals surface area contributed by atoms with Crippen molar-refractivity contribution in [1.29, 1.82) is 0 Å². The van der Waals surface area contributed by atoms with Crippen molar-refractivity contribution in [2.24, 2.45) is 11.3 Å². The topological polar surface area (TPSA) is 46.9 Å². The van der Waals surface area contributed by atoms with Gasteiger partial charge in [-0.1, -0.05) is 27.7 Å². The molecule has 0 spiro atoms. The van der Waals surface area contributed by atoms with Gasteiger partial charge in [-0.3, -0.25) is 4.79 Å². The molecule has 0 radical (unpaired) electrons. The highest BCUT2D eigenvalue weighted by molar-refractivity contribution is 5.31. The predicted molar refractivity (Wildman–Crippen MR) is 80.6 cm³/mol. The summed E-state index contributed by atoms with van der Waals surface area (Å²) < 4.78 is 1.71. The van der Waals surface area contributed by atoms with E-state index in [2.05, 4.69) is 38.0 Å². The van der Waals surface area contributed by atoms with Crippen LogP contribution in [0.3, 0.4) is 0 Å². The third kappa shape index (κ3) is 3.82. The average Bonchev–Trinajstić information content (AvgIpc) is 2.25. The number of aromatic nitrogens is 2. The minimum absolute atomic E-state index is 0.0606. The molecule has 0 amide bonds. The molecular formula is C15H27N3O. The van der Waals surface area contributed by atoms with Crippen molar-refractivity contribution in [3.05, 3.63) is 22.7 Å². The van der Waals surface area contributed by atoms with Gasteiger partial charge in [0.25, 0.3) is 5.56 Å². The first-order valence-electron chi connectivity index (χ1n) is 6.88. The van der Waals surface area contributed by atoms with Gasteiger partial charge in [0.15, 0.2) is 5.82 Å². The largest absolute Gasteiger partial charge is 0.365 e. The summed E-state index contributed by atoms with van der Waals surface area (Å²) in [6.45, 7) is 15.5. The molecule has 19 heavy (non-hydrogen) atoms. The van der Waals surface area contributed by atoms with E-state index >= 15 is 0 Å². The predicted octanol–water partition coefficient (Wildman–Crippen LogP) is 3.09. The Morgan fingerprint density at radius 2 is 1.84 bits per heavy atom. The normalized spacial score (nSPS) is 12.8. The highest BCUT2D eigenvalue weighted by Crippen LogP contribution is 2.25. The number of rotatable bonds is 4. The van der Waals surface area contributed by atoms with Gasteiger partial charge in [-0.2, -0.15) is 0 Å². The van der Waals surface area contributed by atoms with Crippen LogP contribution in [0.1, 0.15) is 48.5 Å². The lowest BCUT2D eigenvalue weighted by atomic mass is 9.81. The third-order valence-corrected chi connectivity index (χ3v) is 3.84. The van der Waals surface area contributed by atoms with Gasteiger partial charge < -0.3 is 9.88 Å². The maximum atomic E-state index is 12.3. The molecule has 1 heterocycles. The first-order valence-corrected chi connectivity index (χ1v) is 6.88. The van der Waals surface area contributed by atoms with Crippen molar-refractivity contribution < 1.29 is 0 Å². The summed E-state index contributed by atoms with van der Waals surface area (Å²) >= 11 is 0. The van der Waals surface area contributed by atoms with Gasteiger partial charge >= 0.3 is 0 Å². The monoisotopic (exact) mass is 265 g/mol. The Hall–Kier alpha value is -1.32. The van der Waals surface area contributed by atoms with Crippen LogP contribution in [0.4, 0.5) is 5.82 Å². The van der Waals surface area contributed by atoms with Gasteiger partial charge in [0.05, 0.1) is 0 Å². The van der Waals surface area contributed by atoms with Gasteiger partial charge in [0.1, 0.15) is 0 Å². The van der Waals surface area contributed by atoms with E-state index in [-0.39, 0.29) is 16.5 Å². The standard InChI is InChI=1S/C15H27N3O/c1-11(2)15(6,7)10-17-12-13(19)18(9-8-16-12)14(3,4)5/h8-9,11H,10H2,1-7H3,(H,16,17). The molecule has 0 unspecified atom stereocenters. The summed E-state index contributed by atoms with van der Waals surface area (Å²) in [6.07, 6.45) is 3.42. The summed E-state index contributed by atoms with van der Waals surface area (Å²) in [5.41, 5.74) is -0.171. The van der Waals surface area contributed by atoms with Crippen LogP contribution in [0.25, 0.3) is 0 Å². The molecule has 0 fully saturated rings. The number of anilines is 1. The van der Waals surface area contributed by atoms with Crippen LogP contribution in [0.15, 0.2) is 17.2 Å². The first-order chi connectivity index (χ1) is 8.55. The molecular weight excluding hydrogens is 238 g/mol. The Balaban J connectivity index is 2.96. The van der Waals surface area contributed by atoms with Crippen molar-refractivity contribution in [3.8, 4) is 0 Å². The summed E-state index contributed by atoms with van der Waals surface area (Å²) in [5.74, 6) is 0.972. The second-order valence-electron chi connectivity index (χ2n) is 7.12. The minimum atomic E-state index is -0.232. The summed E-state index contributed by atoms with van der Waals surface area (Å²) in [7, 11) is 0. The van der Waals surface area contributed by atoms with E-state index in [1.807, 2.05) is 20.8 Å². The maximum absolute atomic E-state index is 12.3. The second kappa shape index (κ2) is 5.35. The fraction of sp³-hybridized carbons (Fsp3) is 0.733. The minimum Gasteiger partial charge on any atom is -0.365 e. The number of hydrogen-bond acceptors (Lipinski definition) is 3. The Labute approximate surface area is 116 Å². The Morgan fingerprint density at radius 1 is 1.26 bits per heavy atom. The third-order valence-electron chi connectivity index (χ3n) is 3.84. The summed E-state index contributed by atoms with van der Waals surface area (Å²) in [6, 6.07) is 0. The van der Waals surface area contributed by atoms with Crippen molar-refractivity contribution in [1.82, 2.24) is 9.55 Å². The molecule has 1 rings (SSSR count). The Kier molecular flexibility index (Phi) is 4.43. The lowest BCUT2D eigenvalue weighted by Gasteiger charge is -2.30. The molecule has 1 N–H and O–H groups in total. The highest BCUT2D eigenvalue weighted by atomic mass is 16.1. The van der Waals surface area contributed by atoms with Crippen molar-refractivity contribution >= 4 is 5.82 Å². The maximum Gasteiger partial charge on any atom is 0.293 e. The van der Waals surface area contributed by atoms with Gasteiger partial charge in [-0.15, -0.1) is 0 Å². The van der Waals surface area contributed by atoms with E-state index in [4.69, 9.17) is 0 Å². The lowest BCUT2D eigenvalue weighted by Crippen LogP contribution is -2.37. The van der Waals surface area contributed by atoms with Crippen LogP contribution in [0.2, 0.25) is 0 Å². The number of nitrogens with zero attached hydrogens (tertiary/aromatic N) is 2. The molecule has 108 valence electrons. The zero-order chi connectivity index (χ0) is 14.8. The zero-order valence-electron chi connectivity index (χ0n) is 13.2. The number of hydrogen-bond donors (Lipinski definition) is 1. The van der Waals surface area contributed by atoms with Crippen molar-refractivity contribution in [2.45, 2.75) is 54.0 Å². The second-order valence-corrected chi connectivity index (χ2v) is 7.12. The SMILES string of the molecule is CC(C)C(C)(C)CNc1nccn(C(C)(C)C)c1=O. The quantitative estimate of drug-likeness (QED) is 0.910. The molecule has 0 aromatic carbocycles. The van der Waals surface area contributed by atoms with Crippen LogP contribution in [0, 0.1) is 11.3 Å². The van der Waals surface area contributed by atoms with E-state index in [1.54, 1.807) is 17.0 Å². The van der Waals surface area contributed by atoms with Gasteiger partial charge in [-0.25, -0.2) is 4.98 Å². The summed E-state index contributed by atoms with van der Waals surface area (Å²) in [5, 5.41) is 3.20. The molecule has 1 aromatic heterocycles. The molecule has 0 atom stereocenters. The molecule has 4 nitrogen and oxygen atoms in total. The van der Waals surface area contributed by atoms with Crippen LogP contribution in [-0.2, 0) is 5.54 Å². The highest BCUT2D eigenvalue weighted by Gasteiger charge is 2.23. The van der Waals surface area contributed by atoms with Gasteiger partial charge in [0.2, 0.25) is 0 Å². The lowest BCUT2D eigenvalue weighted by molar-refractivity contribution is 0.269. The van der Waals surface area contributed by atoms with E-state index in [0.717, 1.165) is 6.54 Å². The van der Waals surface area contributed by atoms with Gasteiger partial charge in [0, 0.05) is 24.5 Å². The van der Waals surface area contributed by atoms with Crippen LogP contribution in [-0.4, -0.2) is 16.1 Å². The van der Waals surface area contributed by atoms with E-state index in [0.29, 0.717) is 11.7 Å². The molecule has 4 heteroatoms. The molecule has 0 saturated heterocycles. The molecule has 0 saturated carbocycles. The Morgan fingerprint density at radius 3 is 2.32 bits per heavy atom. The van der Waals surface area contributed by atoms with Crippen LogP contribution < -0.4 is 10.9 Å². The molecule has 0 bridgehead atoms. The Bertz CT molecular complexity index is 481. The molecule has 1 aromatic rings. The molecule has 0 aliphatic rings. The van der Waals surface area contributed by atoms with E-state index in [1.165, 1.54) is 0 Å². The van der Waals surface area contributed by atoms with Crippen molar-refractivity contribution in [2.75, 3.05) is 11.9 Å². The fourth-order valence-corrected chi connectivity index (χ4v) is 1.58. The molecule has 0 aliphatic carbocycles. The first kappa shape index (κ1) is 15.7. The van der Waals surface area contributed by atoms with Crippen LogP contribution >= 0.6 is 0 Å². The smallest absolute Gasteiger partial charge is 0.293 e. The van der Waals surface area contributed by atoms with Crippen LogP contribution in [0.5, 0.6) is 0 Å². The molecule has 0 aliphatic heterocycles. The fourth-order valence-electron chi connectivity index (χ4n) is 1.58. The van der Waals surface area contributed by atoms with Gasteiger partial charge in [-0.05, 0) is 32.1 Å².